The monoisotopic (exact) mass is 281 g/mol. The van der Waals surface area contributed by atoms with Crippen LogP contribution in [0.4, 0.5) is 0 Å². The van der Waals surface area contributed by atoms with Crippen molar-refractivity contribution in [3.05, 3.63) is 42.4 Å². The molecule has 2 N–H and O–H groups in total. The number of carbonyl (C=O) groups excluding carboxylic acids is 1. The predicted molar refractivity (Wildman–Crippen MR) is 82.5 cm³/mol. The lowest BCUT2D eigenvalue weighted by Crippen LogP contribution is -2.23. The molecule has 1 atom stereocenters. The maximum absolute atomic E-state index is 12.1. The zero-order valence-electron chi connectivity index (χ0n) is 12.1. The van der Waals surface area contributed by atoms with Gasteiger partial charge in [-0.3, -0.25) is 4.79 Å². The van der Waals surface area contributed by atoms with Crippen LogP contribution >= 0.6 is 0 Å². The number of ketones is 1. The van der Waals surface area contributed by atoms with E-state index in [1.54, 1.807) is 6.20 Å². The SMILES string of the molecule is CCC(C(=N)C(=O)C1CC1)c1ncc(-c2ccccc2)[nH]1. The fourth-order valence-electron chi connectivity index (χ4n) is 2.55. The Balaban J connectivity index is 1.83. The Morgan fingerprint density at radius 3 is 2.71 bits per heavy atom. The molecule has 1 aromatic heterocycles. The van der Waals surface area contributed by atoms with Crippen molar-refractivity contribution in [2.24, 2.45) is 5.92 Å². The van der Waals surface area contributed by atoms with Gasteiger partial charge in [-0.15, -0.1) is 0 Å². The molecule has 1 saturated carbocycles. The van der Waals surface area contributed by atoms with E-state index in [0.29, 0.717) is 6.42 Å². The van der Waals surface area contributed by atoms with E-state index in [2.05, 4.69) is 9.97 Å². The van der Waals surface area contributed by atoms with Gasteiger partial charge in [0.05, 0.1) is 23.5 Å². The minimum absolute atomic E-state index is 0.000453. The number of imidazole rings is 1. The summed E-state index contributed by atoms with van der Waals surface area (Å²) in [6.45, 7) is 1.99. The van der Waals surface area contributed by atoms with Crippen LogP contribution in [0.25, 0.3) is 11.3 Å². The highest BCUT2D eigenvalue weighted by molar-refractivity contribution is 6.41. The molecular formula is C17H19N3O. The lowest BCUT2D eigenvalue weighted by Gasteiger charge is -2.12. The number of nitrogens with one attached hydrogen (secondary N) is 2. The molecule has 108 valence electrons. The molecule has 2 aromatic rings. The molecule has 0 amide bonds. The van der Waals surface area contributed by atoms with Crippen molar-refractivity contribution in [1.29, 1.82) is 5.41 Å². The number of rotatable bonds is 6. The van der Waals surface area contributed by atoms with E-state index in [4.69, 9.17) is 5.41 Å². The van der Waals surface area contributed by atoms with Gasteiger partial charge in [0.25, 0.3) is 0 Å². The van der Waals surface area contributed by atoms with E-state index < -0.39 is 0 Å². The highest BCUT2D eigenvalue weighted by atomic mass is 16.1. The van der Waals surface area contributed by atoms with Crippen molar-refractivity contribution < 1.29 is 4.79 Å². The van der Waals surface area contributed by atoms with Gasteiger partial charge in [0.2, 0.25) is 0 Å². The highest BCUT2D eigenvalue weighted by Crippen LogP contribution is 2.33. The smallest absolute Gasteiger partial charge is 0.180 e. The third-order valence-electron chi connectivity index (χ3n) is 3.98. The fourth-order valence-corrected chi connectivity index (χ4v) is 2.55. The first-order chi connectivity index (χ1) is 10.2. The Bertz CT molecular complexity index is 656. The molecule has 1 unspecified atom stereocenters. The zero-order chi connectivity index (χ0) is 14.8. The molecule has 3 rings (SSSR count). The number of Topliss-reactive ketones (excluding diaryl/α,β-unsaturated/α-hetero) is 1. The van der Waals surface area contributed by atoms with Crippen LogP contribution in [-0.2, 0) is 4.79 Å². The molecule has 1 aliphatic carbocycles. The van der Waals surface area contributed by atoms with Gasteiger partial charge < -0.3 is 10.4 Å². The van der Waals surface area contributed by atoms with E-state index >= 15 is 0 Å². The molecule has 1 fully saturated rings. The number of hydrogen-bond acceptors (Lipinski definition) is 3. The molecule has 1 aliphatic rings. The summed E-state index contributed by atoms with van der Waals surface area (Å²) in [5.41, 5.74) is 2.19. The van der Waals surface area contributed by atoms with Crippen molar-refractivity contribution in [2.45, 2.75) is 32.1 Å². The van der Waals surface area contributed by atoms with E-state index in [1.165, 1.54) is 0 Å². The van der Waals surface area contributed by atoms with Gasteiger partial charge in [-0.05, 0) is 24.8 Å². The topological polar surface area (TPSA) is 69.6 Å². The van der Waals surface area contributed by atoms with Crippen molar-refractivity contribution in [3.63, 3.8) is 0 Å². The van der Waals surface area contributed by atoms with Crippen LogP contribution < -0.4 is 0 Å². The van der Waals surface area contributed by atoms with Crippen molar-refractivity contribution in [1.82, 2.24) is 9.97 Å². The Hall–Kier alpha value is -2.23. The van der Waals surface area contributed by atoms with Gasteiger partial charge in [-0.25, -0.2) is 4.98 Å². The first kappa shape index (κ1) is 13.7. The second kappa shape index (κ2) is 5.64. The second-order valence-electron chi connectivity index (χ2n) is 5.56. The standard InChI is InChI=1S/C17H19N3O/c1-2-13(15(18)16(21)12-8-9-12)17-19-10-14(20-17)11-6-4-3-5-7-11/h3-7,10,12-13,18H,2,8-9H2,1H3,(H,19,20). The third kappa shape index (κ3) is 2.79. The highest BCUT2D eigenvalue weighted by Gasteiger charge is 2.35. The lowest BCUT2D eigenvalue weighted by atomic mass is 9.94. The van der Waals surface area contributed by atoms with Gasteiger partial charge in [0.15, 0.2) is 5.78 Å². The van der Waals surface area contributed by atoms with Crippen LogP contribution in [-0.4, -0.2) is 21.5 Å². The number of H-pyrrole nitrogens is 1. The van der Waals surface area contributed by atoms with Crippen LogP contribution in [0.2, 0.25) is 0 Å². The second-order valence-corrected chi connectivity index (χ2v) is 5.56. The summed E-state index contributed by atoms with van der Waals surface area (Å²) in [5.74, 6) is 0.584. The molecule has 0 radical (unpaired) electrons. The predicted octanol–water partition coefficient (Wildman–Crippen LogP) is 3.57. The summed E-state index contributed by atoms with van der Waals surface area (Å²) in [5, 5.41) is 8.16. The average Bonchev–Trinajstić information content (AvgIpc) is 3.26. The molecule has 0 saturated heterocycles. The third-order valence-corrected chi connectivity index (χ3v) is 3.98. The largest absolute Gasteiger partial charge is 0.341 e. The number of benzene rings is 1. The summed E-state index contributed by atoms with van der Waals surface area (Å²) in [6, 6.07) is 9.95. The van der Waals surface area contributed by atoms with Crippen molar-refractivity contribution >= 4 is 11.5 Å². The van der Waals surface area contributed by atoms with Gasteiger partial charge in [-0.1, -0.05) is 37.3 Å². The minimum atomic E-state index is -0.226. The summed E-state index contributed by atoms with van der Waals surface area (Å²) < 4.78 is 0. The number of carbonyl (C=O) groups is 1. The molecule has 1 aromatic carbocycles. The summed E-state index contributed by atoms with van der Waals surface area (Å²) >= 11 is 0. The molecule has 0 aliphatic heterocycles. The molecule has 4 nitrogen and oxygen atoms in total. The van der Waals surface area contributed by atoms with Crippen molar-refractivity contribution in [3.8, 4) is 11.3 Å². The van der Waals surface area contributed by atoms with Crippen LogP contribution in [0.15, 0.2) is 36.5 Å². The zero-order valence-corrected chi connectivity index (χ0v) is 12.1. The number of aromatic nitrogens is 2. The van der Waals surface area contributed by atoms with Crippen LogP contribution in [0.3, 0.4) is 0 Å². The summed E-state index contributed by atoms with van der Waals surface area (Å²) in [4.78, 5) is 19.8. The first-order valence-electron chi connectivity index (χ1n) is 7.43. The molecular weight excluding hydrogens is 262 g/mol. The first-order valence-corrected chi connectivity index (χ1v) is 7.43. The molecule has 0 spiro atoms. The summed E-state index contributed by atoms with van der Waals surface area (Å²) in [6.07, 6.45) is 4.36. The Morgan fingerprint density at radius 2 is 2.10 bits per heavy atom. The Kier molecular flexibility index (Phi) is 3.69. The van der Waals surface area contributed by atoms with E-state index in [-0.39, 0.29) is 23.3 Å². The lowest BCUT2D eigenvalue weighted by molar-refractivity contribution is -0.114. The number of aromatic amines is 1. The summed E-state index contributed by atoms with van der Waals surface area (Å²) in [7, 11) is 0. The average molecular weight is 281 g/mol. The molecule has 0 bridgehead atoms. The van der Waals surface area contributed by atoms with E-state index in [0.717, 1.165) is 29.9 Å². The quantitative estimate of drug-likeness (QED) is 0.795. The normalized spacial score (nSPS) is 15.7. The van der Waals surface area contributed by atoms with Crippen LogP contribution in [0, 0.1) is 11.3 Å². The Morgan fingerprint density at radius 1 is 1.38 bits per heavy atom. The maximum atomic E-state index is 12.1. The van der Waals surface area contributed by atoms with Crippen LogP contribution in [0.5, 0.6) is 0 Å². The molecule has 1 heterocycles. The maximum Gasteiger partial charge on any atom is 0.180 e. The number of hydrogen-bond donors (Lipinski definition) is 2. The van der Waals surface area contributed by atoms with Gasteiger partial charge in [0, 0.05) is 5.92 Å². The van der Waals surface area contributed by atoms with Gasteiger partial charge in [0.1, 0.15) is 5.82 Å². The van der Waals surface area contributed by atoms with Crippen LogP contribution in [0.1, 0.15) is 37.9 Å². The molecule has 4 heteroatoms. The van der Waals surface area contributed by atoms with Gasteiger partial charge in [-0.2, -0.15) is 0 Å². The fraction of sp³-hybridized carbons (Fsp3) is 0.353. The van der Waals surface area contributed by atoms with E-state index in [9.17, 15) is 4.79 Å². The van der Waals surface area contributed by atoms with Gasteiger partial charge >= 0.3 is 0 Å². The number of nitrogens with zero attached hydrogens (tertiary/aromatic N) is 1. The van der Waals surface area contributed by atoms with Crippen molar-refractivity contribution in [2.75, 3.05) is 0 Å². The Labute approximate surface area is 124 Å². The van der Waals surface area contributed by atoms with E-state index in [1.807, 2.05) is 37.3 Å². The minimum Gasteiger partial charge on any atom is -0.341 e. The molecule has 21 heavy (non-hydrogen) atoms.